The Morgan fingerprint density at radius 2 is 1.73 bits per heavy atom. The molecular formula is C24H20N4OS. The van der Waals surface area contributed by atoms with Gasteiger partial charge in [0, 0.05) is 10.1 Å². The lowest BCUT2D eigenvalue weighted by Crippen LogP contribution is -2.41. The third-order valence-corrected chi connectivity index (χ3v) is 6.22. The van der Waals surface area contributed by atoms with E-state index < -0.39 is 6.04 Å². The molecule has 5 aromatic rings. The van der Waals surface area contributed by atoms with E-state index in [9.17, 15) is 4.79 Å². The van der Waals surface area contributed by atoms with Crippen molar-refractivity contribution >= 4 is 38.2 Å². The van der Waals surface area contributed by atoms with E-state index in [2.05, 4.69) is 23.6 Å². The summed E-state index contributed by atoms with van der Waals surface area (Å²) >= 11 is 1.69. The highest BCUT2D eigenvalue weighted by Crippen LogP contribution is 2.36. The highest BCUT2D eigenvalue weighted by molar-refractivity contribution is 7.22. The van der Waals surface area contributed by atoms with Crippen LogP contribution in [0.4, 0.5) is 0 Å². The SMILES string of the molecule is N[C@H](Cc1ccccc1)C(=O)Nn1nc(-c2cc3ccccc3s2)c2ccccc21. The van der Waals surface area contributed by atoms with Crippen LogP contribution in [0.3, 0.4) is 0 Å². The number of amides is 1. The molecule has 2 heterocycles. The van der Waals surface area contributed by atoms with Crippen LogP contribution >= 0.6 is 11.3 Å². The molecule has 0 radical (unpaired) electrons. The Bertz CT molecular complexity index is 1310. The van der Waals surface area contributed by atoms with Crippen LogP contribution in [0.25, 0.3) is 31.6 Å². The quantitative estimate of drug-likeness (QED) is 0.445. The number of aromatic nitrogens is 2. The van der Waals surface area contributed by atoms with Crippen molar-refractivity contribution in [3.05, 3.63) is 90.5 Å². The first-order valence-electron chi connectivity index (χ1n) is 9.76. The average molecular weight is 413 g/mol. The smallest absolute Gasteiger partial charge is 0.257 e. The van der Waals surface area contributed by atoms with Crippen LogP contribution in [0.15, 0.2) is 84.9 Å². The van der Waals surface area contributed by atoms with Gasteiger partial charge in [-0.15, -0.1) is 11.3 Å². The third kappa shape index (κ3) is 3.47. The molecule has 6 heteroatoms. The summed E-state index contributed by atoms with van der Waals surface area (Å²) in [5.41, 5.74) is 11.7. The first-order valence-corrected chi connectivity index (χ1v) is 10.6. The predicted octanol–water partition coefficient (Wildman–Crippen LogP) is 4.56. The summed E-state index contributed by atoms with van der Waals surface area (Å²) < 4.78 is 1.21. The van der Waals surface area contributed by atoms with E-state index in [1.807, 2.05) is 66.7 Å². The number of benzene rings is 3. The van der Waals surface area contributed by atoms with E-state index in [-0.39, 0.29) is 5.91 Å². The van der Waals surface area contributed by atoms with Gasteiger partial charge in [0.05, 0.1) is 16.4 Å². The van der Waals surface area contributed by atoms with Crippen LogP contribution < -0.4 is 11.2 Å². The number of hydrogen-bond donors (Lipinski definition) is 2. The largest absolute Gasteiger partial charge is 0.320 e. The van der Waals surface area contributed by atoms with Gasteiger partial charge in [0.15, 0.2) is 0 Å². The van der Waals surface area contributed by atoms with Crippen LogP contribution in [0.1, 0.15) is 5.56 Å². The Kier molecular flexibility index (Phi) is 4.78. The second kappa shape index (κ2) is 7.74. The van der Waals surface area contributed by atoms with Crippen molar-refractivity contribution in [3.63, 3.8) is 0 Å². The molecule has 2 aromatic heterocycles. The van der Waals surface area contributed by atoms with Crippen molar-refractivity contribution in [2.75, 3.05) is 5.43 Å². The topological polar surface area (TPSA) is 72.9 Å². The number of nitrogens with two attached hydrogens (primary N) is 1. The highest BCUT2D eigenvalue weighted by Gasteiger charge is 2.19. The summed E-state index contributed by atoms with van der Waals surface area (Å²) in [7, 11) is 0. The van der Waals surface area contributed by atoms with Gasteiger partial charge in [-0.25, -0.2) is 5.43 Å². The Balaban J connectivity index is 1.47. The van der Waals surface area contributed by atoms with Crippen LogP contribution in [-0.2, 0) is 11.2 Å². The van der Waals surface area contributed by atoms with Crippen LogP contribution in [0.5, 0.6) is 0 Å². The van der Waals surface area contributed by atoms with Gasteiger partial charge in [0.1, 0.15) is 5.69 Å². The lowest BCUT2D eigenvalue weighted by molar-refractivity contribution is -0.118. The fraction of sp³-hybridized carbons (Fsp3) is 0.0833. The van der Waals surface area contributed by atoms with Crippen molar-refractivity contribution in [1.29, 1.82) is 0 Å². The van der Waals surface area contributed by atoms with Crippen molar-refractivity contribution in [1.82, 2.24) is 9.89 Å². The molecular weight excluding hydrogens is 392 g/mol. The molecule has 1 atom stereocenters. The highest BCUT2D eigenvalue weighted by atomic mass is 32.1. The monoisotopic (exact) mass is 412 g/mol. The van der Waals surface area contributed by atoms with Crippen LogP contribution in [-0.4, -0.2) is 21.8 Å². The average Bonchev–Trinajstić information content (AvgIpc) is 3.36. The van der Waals surface area contributed by atoms with Gasteiger partial charge in [-0.2, -0.15) is 9.89 Å². The lowest BCUT2D eigenvalue weighted by atomic mass is 10.1. The molecule has 0 aliphatic carbocycles. The zero-order chi connectivity index (χ0) is 20.5. The number of fused-ring (bicyclic) bond motifs is 2. The molecule has 0 fully saturated rings. The number of hydrogen-bond acceptors (Lipinski definition) is 4. The van der Waals surface area contributed by atoms with Gasteiger partial charge in [-0.1, -0.05) is 66.7 Å². The molecule has 0 bridgehead atoms. The van der Waals surface area contributed by atoms with Gasteiger partial charge in [-0.05, 0) is 35.6 Å². The fourth-order valence-corrected chi connectivity index (χ4v) is 4.64. The van der Waals surface area contributed by atoms with E-state index in [0.717, 1.165) is 27.0 Å². The Morgan fingerprint density at radius 3 is 2.57 bits per heavy atom. The number of thiophene rings is 1. The van der Waals surface area contributed by atoms with Gasteiger partial charge in [-0.3, -0.25) is 4.79 Å². The summed E-state index contributed by atoms with van der Waals surface area (Å²) in [5, 5.41) is 6.90. The molecule has 5 rings (SSSR count). The molecule has 3 N–H and O–H groups in total. The zero-order valence-electron chi connectivity index (χ0n) is 16.2. The minimum absolute atomic E-state index is 0.269. The van der Waals surface area contributed by atoms with Crippen molar-refractivity contribution in [3.8, 4) is 10.6 Å². The first-order chi connectivity index (χ1) is 14.7. The number of rotatable bonds is 5. The summed E-state index contributed by atoms with van der Waals surface area (Å²) in [5.74, 6) is -0.269. The molecule has 3 aromatic carbocycles. The maximum atomic E-state index is 12.8. The summed E-state index contributed by atoms with van der Waals surface area (Å²) in [6.07, 6.45) is 0.467. The number of para-hydroxylation sites is 1. The van der Waals surface area contributed by atoms with Gasteiger partial charge >= 0.3 is 0 Å². The molecule has 5 nitrogen and oxygen atoms in total. The molecule has 0 saturated heterocycles. The second-order valence-electron chi connectivity index (χ2n) is 7.20. The van der Waals surface area contributed by atoms with Crippen molar-refractivity contribution in [2.24, 2.45) is 5.73 Å². The van der Waals surface area contributed by atoms with E-state index in [4.69, 9.17) is 10.8 Å². The van der Waals surface area contributed by atoms with Gasteiger partial charge in [0.2, 0.25) is 0 Å². The standard InChI is InChI=1S/C24H20N4OS/c25-19(14-16-8-2-1-3-9-16)24(29)27-28-20-12-6-5-11-18(20)23(26-28)22-15-17-10-4-7-13-21(17)30-22/h1-13,15,19H,14,25H2,(H,27,29)/t19-/m1/s1. The van der Waals surface area contributed by atoms with Gasteiger partial charge in [0.25, 0.3) is 5.91 Å². The number of carbonyl (C=O) groups is 1. The van der Waals surface area contributed by atoms with E-state index >= 15 is 0 Å². The minimum atomic E-state index is -0.664. The molecule has 148 valence electrons. The molecule has 0 aliphatic heterocycles. The fourth-order valence-electron chi connectivity index (χ4n) is 3.58. The third-order valence-electron chi connectivity index (χ3n) is 5.10. The molecule has 0 unspecified atom stereocenters. The predicted molar refractivity (Wildman–Crippen MR) is 123 cm³/mol. The van der Waals surface area contributed by atoms with Crippen LogP contribution in [0.2, 0.25) is 0 Å². The molecule has 0 aliphatic rings. The van der Waals surface area contributed by atoms with Crippen molar-refractivity contribution < 1.29 is 4.79 Å². The number of carbonyl (C=O) groups excluding carboxylic acids is 1. The normalized spacial score (nSPS) is 12.3. The maximum absolute atomic E-state index is 12.8. The zero-order valence-corrected chi connectivity index (χ0v) is 17.0. The summed E-state index contributed by atoms with van der Waals surface area (Å²) in [4.78, 5) is 15.4. The molecule has 0 spiro atoms. The number of nitrogens with one attached hydrogen (secondary N) is 1. The van der Waals surface area contributed by atoms with Crippen molar-refractivity contribution in [2.45, 2.75) is 12.5 Å². The van der Waals surface area contributed by atoms with E-state index in [0.29, 0.717) is 6.42 Å². The first kappa shape index (κ1) is 18.5. The van der Waals surface area contributed by atoms with Gasteiger partial charge < -0.3 is 5.73 Å². The second-order valence-corrected chi connectivity index (χ2v) is 8.28. The number of nitrogens with zero attached hydrogens (tertiary/aromatic N) is 2. The Labute approximate surface area is 177 Å². The Hall–Kier alpha value is -3.48. The maximum Gasteiger partial charge on any atom is 0.257 e. The minimum Gasteiger partial charge on any atom is -0.320 e. The van der Waals surface area contributed by atoms with E-state index in [1.54, 1.807) is 16.1 Å². The Morgan fingerprint density at radius 1 is 1.00 bits per heavy atom. The summed E-state index contributed by atoms with van der Waals surface area (Å²) in [6, 6.07) is 27.4. The van der Waals surface area contributed by atoms with Crippen LogP contribution in [0, 0.1) is 0 Å². The molecule has 30 heavy (non-hydrogen) atoms. The summed E-state index contributed by atoms with van der Waals surface area (Å²) in [6.45, 7) is 0. The lowest BCUT2D eigenvalue weighted by Gasteiger charge is -2.12. The van der Waals surface area contributed by atoms with E-state index in [1.165, 1.54) is 10.1 Å². The molecule has 1 amide bonds. The molecule has 0 saturated carbocycles.